The molecule has 2 rings (SSSR count). The number of nitrogens with zero attached hydrogens (tertiary/aromatic N) is 2. The molecule has 2 N–H and O–H groups in total. The Morgan fingerprint density at radius 1 is 1.17 bits per heavy atom. The van der Waals surface area contributed by atoms with E-state index in [9.17, 15) is 0 Å². The van der Waals surface area contributed by atoms with Gasteiger partial charge in [-0.25, -0.2) is 4.99 Å². The molecule has 1 aromatic carbocycles. The standard InChI is InChI=1S/C18H30N4S/c1-4-19-18(20-13-15(2)3)21-14-16-5-7-17(8-6-16)22-9-11-23-12-10-22/h5-8,15H,4,9-14H2,1-3H3,(H2,19,20,21). The number of hydrogen-bond donors (Lipinski definition) is 2. The van der Waals surface area contributed by atoms with Gasteiger partial charge < -0.3 is 15.5 Å². The summed E-state index contributed by atoms with van der Waals surface area (Å²) in [4.78, 5) is 7.15. The third-order valence-corrected chi connectivity index (χ3v) is 4.70. The Labute approximate surface area is 145 Å². The lowest BCUT2D eigenvalue weighted by atomic mass is 10.2. The maximum atomic E-state index is 4.68. The number of aliphatic imine (C=N–C) groups is 1. The van der Waals surface area contributed by atoms with Crippen LogP contribution < -0.4 is 15.5 Å². The average Bonchev–Trinajstić information content (AvgIpc) is 2.58. The topological polar surface area (TPSA) is 39.7 Å². The molecule has 0 saturated carbocycles. The molecular weight excluding hydrogens is 304 g/mol. The number of thioether (sulfide) groups is 1. The van der Waals surface area contributed by atoms with E-state index in [0.29, 0.717) is 12.5 Å². The second-order valence-corrected chi connectivity index (χ2v) is 7.46. The zero-order chi connectivity index (χ0) is 16.5. The molecule has 0 bridgehead atoms. The number of anilines is 1. The highest BCUT2D eigenvalue weighted by atomic mass is 32.2. The number of benzene rings is 1. The summed E-state index contributed by atoms with van der Waals surface area (Å²) in [6, 6.07) is 8.86. The maximum absolute atomic E-state index is 4.68. The zero-order valence-corrected chi connectivity index (χ0v) is 15.5. The largest absolute Gasteiger partial charge is 0.370 e. The van der Waals surface area contributed by atoms with E-state index in [1.165, 1.54) is 22.8 Å². The van der Waals surface area contributed by atoms with Crippen molar-refractivity contribution in [2.24, 2.45) is 10.9 Å². The zero-order valence-electron chi connectivity index (χ0n) is 14.6. The highest BCUT2D eigenvalue weighted by molar-refractivity contribution is 7.99. The lowest BCUT2D eigenvalue weighted by Crippen LogP contribution is -2.39. The molecular formula is C18H30N4S. The Balaban J connectivity index is 1.91. The third-order valence-electron chi connectivity index (χ3n) is 3.75. The van der Waals surface area contributed by atoms with E-state index in [-0.39, 0.29) is 0 Å². The van der Waals surface area contributed by atoms with Crippen molar-refractivity contribution in [3.8, 4) is 0 Å². The van der Waals surface area contributed by atoms with E-state index in [1.807, 2.05) is 11.8 Å². The molecule has 1 aliphatic rings. The van der Waals surface area contributed by atoms with Crippen LogP contribution in [0, 0.1) is 5.92 Å². The second kappa shape index (κ2) is 9.71. The van der Waals surface area contributed by atoms with Gasteiger partial charge in [0.25, 0.3) is 0 Å². The monoisotopic (exact) mass is 334 g/mol. The van der Waals surface area contributed by atoms with Gasteiger partial charge in [0, 0.05) is 43.4 Å². The van der Waals surface area contributed by atoms with Crippen LogP contribution in [-0.4, -0.2) is 43.6 Å². The molecule has 1 heterocycles. The van der Waals surface area contributed by atoms with Crippen molar-refractivity contribution in [2.45, 2.75) is 27.3 Å². The van der Waals surface area contributed by atoms with Crippen molar-refractivity contribution >= 4 is 23.4 Å². The number of nitrogens with one attached hydrogen (secondary N) is 2. The number of rotatable bonds is 6. The summed E-state index contributed by atoms with van der Waals surface area (Å²) >= 11 is 2.05. The first-order valence-corrected chi connectivity index (χ1v) is 9.78. The van der Waals surface area contributed by atoms with Crippen LogP contribution >= 0.6 is 11.8 Å². The summed E-state index contributed by atoms with van der Waals surface area (Å²) < 4.78 is 0. The predicted octanol–water partition coefficient (Wildman–Crippen LogP) is 2.95. The Kier molecular flexibility index (Phi) is 7.59. The highest BCUT2D eigenvalue weighted by Crippen LogP contribution is 2.20. The molecule has 4 nitrogen and oxygen atoms in total. The molecule has 1 aromatic rings. The molecule has 1 fully saturated rings. The van der Waals surface area contributed by atoms with Crippen molar-refractivity contribution in [1.29, 1.82) is 0 Å². The summed E-state index contributed by atoms with van der Waals surface area (Å²) in [6.45, 7) is 11.4. The van der Waals surface area contributed by atoms with Crippen LogP contribution in [0.2, 0.25) is 0 Å². The van der Waals surface area contributed by atoms with E-state index in [4.69, 9.17) is 0 Å². The van der Waals surface area contributed by atoms with Gasteiger partial charge in [-0.2, -0.15) is 11.8 Å². The van der Waals surface area contributed by atoms with Crippen LogP contribution in [0.4, 0.5) is 5.69 Å². The molecule has 0 atom stereocenters. The van der Waals surface area contributed by atoms with Gasteiger partial charge in [0.2, 0.25) is 0 Å². The Morgan fingerprint density at radius 2 is 1.87 bits per heavy atom. The van der Waals surface area contributed by atoms with Gasteiger partial charge in [-0.05, 0) is 30.5 Å². The minimum Gasteiger partial charge on any atom is -0.370 e. The fraction of sp³-hybridized carbons (Fsp3) is 0.611. The van der Waals surface area contributed by atoms with Gasteiger partial charge in [0.1, 0.15) is 0 Å². The van der Waals surface area contributed by atoms with Crippen molar-refractivity contribution < 1.29 is 0 Å². The van der Waals surface area contributed by atoms with Crippen LogP contribution in [0.3, 0.4) is 0 Å². The molecule has 23 heavy (non-hydrogen) atoms. The van der Waals surface area contributed by atoms with Gasteiger partial charge in [-0.3, -0.25) is 0 Å². The van der Waals surface area contributed by atoms with Gasteiger partial charge in [0.15, 0.2) is 5.96 Å². The van der Waals surface area contributed by atoms with E-state index in [2.05, 4.69) is 65.6 Å². The molecule has 1 saturated heterocycles. The summed E-state index contributed by atoms with van der Waals surface area (Å²) in [6.07, 6.45) is 0. The van der Waals surface area contributed by atoms with Gasteiger partial charge >= 0.3 is 0 Å². The predicted molar refractivity (Wildman–Crippen MR) is 104 cm³/mol. The lowest BCUT2D eigenvalue weighted by molar-refractivity contribution is 0.615. The molecule has 0 aliphatic carbocycles. The van der Waals surface area contributed by atoms with E-state index >= 15 is 0 Å². The van der Waals surface area contributed by atoms with Crippen LogP contribution in [0.1, 0.15) is 26.3 Å². The first-order valence-electron chi connectivity index (χ1n) is 8.63. The maximum Gasteiger partial charge on any atom is 0.191 e. The van der Waals surface area contributed by atoms with Crippen molar-refractivity contribution in [3.63, 3.8) is 0 Å². The molecule has 5 heteroatoms. The number of guanidine groups is 1. The second-order valence-electron chi connectivity index (χ2n) is 6.24. The van der Waals surface area contributed by atoms with Crippen molar-refractivity contribution in [1.82, 2.24) is 10.6 Å². The van der Waals surface area contributed by atoms with E-state index < -0.39 is 0 Å². The van der Waals surface area contributed by atoms with E-state index in [1.54, 1.807) is 0 Å². The van der Waals surface area contributed by atoms with Crippen molar-refractivity contribution in [3.05, 3.63) is 29.8 Å². The molecule has 128 valence electrons. The summed E-state index contributed by atoms with van der Waals surface area (Å²) in [5.74, 6) is 3.98. The molecule has 0 unspecified atom stereocenters. The highest BCUT2D eigenvalue weighted by Gasteiger charge is 2.10. The van der Waals surface area contributed by atoms with Crippen LogP contribution in [0.25, 0.3) is 0 Å². The number of hydrogen-bond acceptors (Lipinski definition) is 3. The summed E-state index contributed by atoms with van der Waals surface area (Å²) in [5.41, 5.74) is 2.59. The quantitative estimate of drug-likeness (QED) is 0.620. The fourth-order valence-electron chi connectivity index (χ4n) is 2.45. The molecule has 0 aromatic heterocycles. The van der Waals surface area contributed by atoms with Crippen LogP contribution in [0.5, 0.6) is 0 Å². The first kappa shape index (κ1) is 18.0. The third kappa shape index (κ3) is 6.34. The van der Waals surface area contributed by atoms with Gasteiger partial charge in [-0.1, -0.05) is 26.0 Å². The molecule has 0 spiro atoms. The molecule has 0 radical (unpaired) electrons. The minimum absolute atomic E-state index is 0.612. The lowest BCUT2D eigenvalue weighted by Gasteiger charge is -2.28. The van der Waals surface area contributed by atoms with E-state index in [0.717, 1.165) is 32.1 Å². The SMILES string of the molecule is CCNC(=NCc1ccc(N2CCSCC2)cc1)NCC(C)C. The fourth-order valence-corrected chi connectivity index (χ4v) is 3.35. The Bertz CT molecular complexity index is 478. The van der Waals surface area contributed by atoms with Gasteiger partial charge in [-0.15, -0.1) is 0 Å². The summed E-state index contributed by atoms with van der Waals surface area (Å²) in [7, 11) is 0. The van der Waals surface area contributed by atoms with Crippen LogP contribution in [0.15, 0.2) is 29.3 Å². The summed E-state index contributed by atoms with van der Waals surface area (Å²) in [5, 5.41) is 6.68. The minimum atomic E-state index is 0.612. The molecule has 1 aliphatic heterocycles. The normalized spacial score (nSPS) is 15.8. The van der Waals surface area contributed by atoms with Crippen LogP contribution in [-0.2, 0) is 6.54 Å². The molecule has 0 amide bonds. The smallest absolute Gasteiger partial charge is 0.191 e. The van der Waals surface area contributed by atoms with Crippen molar-refractivity contribution in [2.75, 3.05) is 42.6 Å². The Morgan fingerprint density at radius 3 is 2.48 bits per heavy atom. The average molecular weight is 335 g/mol. The first-order chi connectivity index (χ1) is 11.2. The van der Waals surface area contributed by atoms with Gasteiger partial charge in [0.05, 0.1) is 6.54 Å². The Hall–Kier alpha value is -1.36.